The Morgan fingerprint density at radius 1 is 1.00 bits per heavy atom. The molecule has 5 aromatic rings. The quantitative estimate of drug-likeness (QED) is 0.383. The zero-order valence-electron chi connectivity index (χ0n) is 19.8. The van der Waals surface area contributed by atoms with Gasteiger partial charge in [0.05, 0.1) is 16.8 Å². The Morgan fingerprint density at radius 2 is 1.81 bits per heavy atom. The van der Waals surface area contributed by atoms with E-state index in [1.807, 2.05) is 25.1 Å². The fourth-order valence-corrected chi connectivity index (χ4v) is 4.69. The fourth-order valence-electron chi connectivity index (χ4n) is 4.69. The molecule has 1 fully saturated rings. The minimum Gasteiger partial charge on any atom is -0.349 e. The number of pyridine rings is 1. The molecule has 0 unspecified atom stereocenters. The van der Waals surface area contributed by atoms with Crippen LogP contribution in [-0.4, -0.2) is 41.7 Å². The molecule has 37 heavy (non-hydrogen) atoms. The summed E-state index contributed by atoms with van der Waals surface area (Å²) in [5, 5.41) is 11.7. The van der Waals surface area contributed by atoms with E-state index in [0.717, 1.165) is 5.69 Å². The normalized spacial score (nSPS) is 16.9. The third-order valence-electron chi connectivity index (χ3n) is 6.52. The number of fused-ring (bicyclic) bond motifs is 1. The lowest BCUT2D eigenvalue weighted by atomic mass is 9.79. The molecule has 0 bridgehead atoms. The first-order valence-corrected chi connectivity index (χ1v) is 11.8. The zero-order chi connectivity index (χ0) is 25.5. The predicted molar refractivity (Wildman–Crippen MR) is 132 cm³/mol. The third kappa shape index (κ3) is 4.20. The van der Waals surface area contributed by atoms with Gasteiger partial charge in [0.2, 0.25) is 0 Å². The molecule has 184 valence electrons. The van der Waals surface area contributed by atoms with E-state index in [1.54, 1.807) is 22.8 Å². The molecule has 8 nitrogen and oxygen atoms in total. The van der Waals surface area contributed by atoms with Crippen molar-refractivity contribution in [2.75, 3.05) is 0 Å². The van der Waals surface area contributed by atoms with Crippen LogP contribution in [-0.2, 0) is 0 Å². The van der Waals surface area contributed by atoms with E-state index in [2.05, 4.69) is 30.5 Å². The van der Waals surface area contributed by atoms with Gasteiger partial charge < -0.3 is 5.32 Å². The molecular formula is C27H21F2N7O. The Morgan fingerprint density at radius 3 is 2.62 bits per heavy atom. The average molecular weight is 498 g/mol. The maximum Gasteiger partial charge on any atom is 0.253 e. The first kappa shape index (κ1) is 22.8. The molecule has 0 atom stereocenters. The van der Waals surface area contributed by atoms with Crippen LogP contribution in [0.25, 0.3) is 28.2 Å². The Kier molecular flexibility index (Phi) is 5.63. The zero-order valence-corrected chi connectivity index (χ0v) is 19.8. The third-order valence-corrected chi connectivity index (χ3v) is 6.52. The van der Waals surface area contributed by atoms with Crippen LogP contribution in [0.5, 0.6) is 0 Å². The van der Waals surface area contributed by atoms with Gasteiger partial charge in [0.15, 0.2) is 5.82 Å². The molecular weight excluding hydrogens is 476 g/mol. The molecule has 10 heteroatoms. The first-order valence-electron chi connectivity index (χ1n) is 11.8. The Balaban J connectivity index is 1.27. The molecule has 0 aliphatic heterocycles. The van der Waals surface area contributed by atoms with E-state index in [9.17, 15) is 13.6 Å². The largest absolute Gasteiger partial charge is 0.349 e. The van der Waals surface area contributed by atoms with Gasteiger partial charge in [-0.2, -0.15) is 0 Å². The number of para-hydroxylation sites is 1. The highest BCUT2D eigenvalue weighted by atomic mass is 19.1. The van der Waals surface area contributed by atoms with Crippen LogP contribution in [0.3, 0.4) is 0 Å². The molecule has 2 aromatic carbocycles. The van der Waals surface area contributed by atoms with E-state index in [1.165, 1.54) is 30.6 Å². The lowest BCUT2D eigenvalue weighted by Gasteiger charge is -2.35. The summed E-state index contributed by atoms with van der Waals surface area (Å²) < 4.78 is 30.7. The number of aryl methyl sites for hydroxylation is 1. The van der Waals surface area contributed by atoms with Gasteiger partial charge in [0.1, 0.15) is 28.7 Å². The molecule has 0 saturated heterocycles. The van der Waals surface area contributed by atoms with E-state index >= 15 is 0 Å². The summed E-state index contributed by atoms with van der Waals surface area (Å²) in [6, 6.07) is 14.3. The van der Waals surface area contributed by atoms with Crippen LogP contribution in [0.4, 0.5) is 8.78 Å². The molecule has 0 spiro atoms. The van der Waals surface area contributed by atoms with Crippen LogP contribution in [0.15, 0.2) is 67.0 Å². The lowest BCUT2D eigenvalue weighted by molar-refractivity contribution is 0.0908. The summed E-state index contributed by atoms with van der Waals surface area (Å²) in [7, 11) is 0. The number of benzene rings is 2. The fraction of sp³-hybridized carbons (Fsp3) is 0.185. The van der Waals surface area contributed by atoms with Gasteiger partial charge >= 0.3 is 0 Å². The van der Waals surface area contributed by atoms with E-state index in [-0.39, 0.29) is 17.5 Å². The van der Waals surface area contributed by atoms with Crippen molar-refractivity contribution < 1.29 is 13.6 Å². The summed E-state index contributed by atoms with van der Waals surface area (Å²) in [5.41, 5.74) is 2.52. The van der Waals surface area contributed by atoms with E-state index in [4.69, 9.17) is 0 Å². The highest BCUT2D eigenvalue weighted by Crippen LogP contribution is 2.39. The molecule has 1 amide bonds. The highest BCUT2D eigenvalue weighted by Gasteiger charge is 2.37. The van der Waals surface area contributed by atoms with Crippen molar-refractivity contribution >= 4 is 16.9 Å². The number of hydrogen-bond acceptors (Lipinski definition) is 6. The molecule has 1 N–H and O–H groups in total. The van der Waals surface area contributed by atoms with Crippen LogP contribution >= 0.6 is 0 Å². The van der Waals surface area contributed by atoms with E-state index < -0.39 is 17.5 Å². The van der Waals surface area contributed by atoms with Crippen LogP contribution in [0.2, 0.25) is 0 Å². The lowest BCUT2D eigenvalue weighted by Crippen LogP contribution is -2.44. The predicted octanol–water partition coefficient (Wildman–Crippen LogP) is 4.54. The van der Waals surface area contributed by atoms with Crippen molar-refractivity contribution in [2.45, 2.75) is 31.7 Å². The van der Waals surface area contributed by atoms with Gasteiger partial charge in [0, 0.05) is 36.1 Å². The minimum absolute atomic E-state index is 0.0694. The second-order valence-corrected chi connectivity index (χ2v) is 9.05. The van der Waals surface area contributed by atoms with Gasteiger partial charge in [-0.05, 0) is 50.1 Å². The maximum atomic E-state index is 14.9. The summed E-state index contributed by atoms with van der Waals surface area (Å²) in [6.07, 6.45) is 4.05. The molecule has 0 radical (unpaired) electrons. The molecule has 1 saturated carbocycles. The van der Waals surface area contributed by atoms with Crippen molar-refractivity contribution in [1.29, 1.82) is 0 Å². The molecule has 1 aliphatic carbocycles. The molecule has 3 aromatic heterocycles. The van der Waals surface area contributed by atoms with Crippen LogP contribution in [0.1, 0.15) is 40.6 Å². The monoisotopic (exact) mass is 497 g/mol. The Bertz CT molecular complexity index is 1650. The molecule has 1 aliphatic rings. The average Bonchev–Trinajstić information content (AvgIpc) is 3.30. The maximum absolute atomic E-state index is 14.9. The summed E-state index contributed by atoms with van der Waals surface area (Å²) in [5.74, 6) is -0.411. The Labute approximate surface area is 210 Å². The van der Waals surface area contributed by atoms with Crippen molar-refractivity contribution in [1.82, 2.24) is 35.0 Å². The molecule has 6 rings (SSSR count). The number of halogens is 2. The van der Waals surface area contributed by atoms with Gasteiger partial charge in [-0.1, -0.05) is 18.2 Å². The number of nitrogens with zero attached hydrogens (tertiary/aromatic N) is 6. The van der Waals surface area contributed by atoms with Crippen molar-refractivity contribution in [3.8, 4) is 17.2 Å². The topological polar surface area (TPSA) is 98.5 Å². The van der Waals surface area contributed by atoms with Crippen LogP contribution < -0.4 is 5.32 Å². The summed E-state index contributed by atoms with van der Waals surface area (Å²) in [6.45, 7) is 1.88. The van der Waals surface area contributed by atoms with Gasteiger partial charge in [-0.15, -0.1) is 10.2 Å². The smallest absolute Gasteiger partial charge is 0.253 e. The van der Waals surface area contributed by atoms with Gasteiger partial charge in [0.25, 0.3) is 5.91 Å². The standard InChI is InChI=1S/C27H21F2N7O/c1-15-5-4-7-21(32-15)26-35-34-25(36(26)23-8-3-2-6-20(23)29)16-11-18(12-16)33-27(37)19-13-17(28)14-22-24(19)31-10-9-30-22/h2-10,13-14,16,18H,11-12H2,1H3,(H,33,37)/t16-,18-. The van der Waals surface area contributed by atoms with Gasteiger partial charge in [-0.3, -0.25) is 19.3 Å². The number of amides is 1. The highest BCUT2D eigenvalue weighted by molar-refractivity contribution is 6.04. The van der Waals surface area contributed by atoms with Crippen molar-refractivity contribution in [3.05, 3.63) is 95.7 Å². The van der Waals surface area contributed by atoms with Crippen molar-refractivity contribution in [3.63, 3.8) is 0 Å². The number of aromatic nitrogens is 6. The Hall–Kier alpha value is -4.60. The number of carbonyl (C=O) groups excluding carboxylic acids is 1. The van der Waals surface area contributed by atoms with E-state index in [0.29, 0.717) is 46.9 Å². The molecule has 3 heterocycles. The first-order chi connectivity index (χ1) is 18.0. The number of nitrogens with one attached hydrogen (secondary N) is 1. The summed E-state index contributed by atoms with van der Waals surface area (Å²) >= 11 is 0. The van der Waals surface area contributed by atoms with Crippen molar-refractivity contribution in [2.24, 2.45) is 0 Å². The van der Waals surface area contributed by atoms with Gasteiger partial charge in [-0.25, -0.2) is 13.8 Å². The second kappa shape index (κ2) is 9.12. The minimum atomic E-state index is -0.556. The van der Waals surface area contributed by atoms with Crippen LogP contribution in [0, 0.1) is 18.6 Å². The number of hydrogen-bond donors (Lipinski definition) is 1. The number of rotatable bonds is 5. The summed E-state index contributed by atoms with van der Waals surface area (Å²) in [4.78, 5) is 25.8. The SMILES string of the molecule is Cc1cccc(-c2nnc([C@H]3C[C@H](NC(=O)c4cc(F)cc5nccnc45)C3)n2-c2ccccc2F)n1. The second-order valence-electron chi connectivity index (χ2n) is 9.05. The number of carbonyl (C=O) groups is 1.